The van der Waals surface area contributed by atoms with Crippen molar-refractivity contribution in [2.45, 2.75) is 27.7 Å². The molecule has 0 spiro atoms. The average molecular weight is 239 g/mol. The summed E-state index contributed by atoms with van der Waals surface area (Å²) in [5.74, 6) is 0.862. The molecule has 0 bridgehead atoms. The van der Waals surface area contributed by atoms with Gasteiger partial charge in [-0.05, 0) is 38.8 Å². The summed E-state index contributed by atoms with van der Waals surface area (Å²) in [6.45, 7) is 8.17. The number of aromatic nitrogens is 2. The van der Waals surface area contributed by atoms with Gasteiger partial charge in [-0.1, -0.05) is 17.7 Å². The van der Waals surface area contributed by atoms with E-state index in [-0.39, 0.29) is 0 Å². The zero-order valence-electron chi connectivity index (χ0n) is 11.5. The lowest BCUT2D eigenvalue weighted by molar-refractivity contribution is 0.863. The van der Waals surface area contributed by atoms with E-state index in [4.69, 9.17) is 0 Å². The summed E-state index contributed by atoms with van der Waals surface area (Å²) in [7, 11) is 1.96. The summed E-state index contributed by atoms with van der Waals surface area (Å²) in [5.41, 5.74) is 6.17. The molecule has 0 amide bonds. The summed E-state index contributed by atoms with van der Waals surface area (Å²) in [4.78, 5) is 4.31. The van der Waals surface area contributed by atoms with Crippen LogP contribution in [-0.4, -0.2) is 9.55 Å². The molecule has 3 nitrogen and oxygen atoms in total. The number of hydrogen-bond donors (Lipinski definition) is 0. The Kier molecular flexibility index (Phi) is 2.96. The molecule has 2 rings (SSSR count). The van der Waals surface area contributed by atoms with Crippen LogP contribution in [0, 0.1) is 39.0 Å². The smallest absolute Gasteiger partial charge is 0.166 e. The van der Waals surface area contributed by atoms with E-state index in [2.05, 4.69) is 44.0 Å². The van der Waals surface area contributed by atoms with E-state index >= 15 is 0 Å². The van der Waals surface area contributed by atoms with Crippen molar-refractivity contribution in [2.24, 2.45) is 7.05 Å². The quantitative estimate of drug-likeness (QED) is 0.767. The van der Waals surface area contributed by atoms with Crippen LogP contribution < -0.4 is 0 Å². The predicted octanol–water partition coefficient (Wildman–Crippen LogP) is 3.19. The third-order valence-electron chi connectivity index (χ3n) is 3.34. The first-order valence-corrected chi connectivity index (χ1v) is 5.97. The van der Waals surface area contributed by atoms with Crippen LogP contribution in [0.5, 0.6) is 0 Å². The van der Waals surface area contributed by atoms with Gasteiger partial charge in [-0.3, -0.25) is 0 Å². The molecule has 0 N–H and O–H groups in total. The fraction of sp³-hybridized carbons (Fsp3) is 0.333. The van der Waals surface area contributed by atoms with Gasteiger partial charge in [0.05, 0.1) is 5.69 Å². The van der Waals surface area contributed by atoms with Gasteiger partial charge in [-0.15, -0.1) is 0 Å². The first-order chi connectivity index (χ1) is 8.45. The fourth-order valence-corrected chi connectivity index (χ4v) is 2.53. The Morgan fingerprint density at radius 2 is 1.67 bits per heavy atom. The van der Waals surface area contributed by atoms with Gasteiger partial charge in [0, 0.05) is 12.6 Å². The predicted molar refractivity (Wildman–Crippen MR) is 72.3 cm³/mol. The highest BCUT2D eigenvalue weighted by atomic mass is 15.1. The van der Waals surface area contributed by atoms with E-state index in [1.54, 1.807) is 0 Å². The minimum atomic E-state index is 0.505. The lowest BCUT2D eigenvalue weighted by Gasteiger charge is -2.12. The second kappa shape index (κ2) is 4.30. The average Bonchev–Trinajstić information content (AvgIpc) is 2.55. The Morgan fingerprint density at radius 1 is 1.11 bits per heavy atom. The van der Waals surface area contributed by atoms with E-state index in [0.29, 0.717) is 5.69 Å². The zero-order valence-corrected chi connectivity index (χ0v) is 11.5. The number of imidazole rings is 1. The molecule has 18 heavy (non-hydrogen) atoms. The summed E-state index contributed by atoms with van der Waals surface area (Å²) in [6, 6.07) is 6.48. The second-order valence-corrected chi connectivity index (χ2v) is 4.80. The third-order valence-corrected chi connectivity index (χ3v) is 3.34. The van der Waals surface area contributed by atoms with Crippen molar-refractivity contribution in [3.63, 3.8) is 0 Å². The monoisotopic (exact) mass is 239 g/mol. The minimum absolute atomic E-state index is 0.505. The Bertz CT molecular complexity index is 634. The van der Waals surface area contributed by atoms with Gasteiger partial charge in [0.1, 0.15) is 11.9 Å². The highest BCUT2D eigenvalue weighted by molar-refractivity contribution is 5.73. The molecule has 0 fully saturated rings. The normalized spacial score (nSPS) is 10.4. The first kappa shape index (κ1) is 12.4. The molecule has 0 aliphatic heterocycles. The minimum Gasteiger partial charge on any atom is -0.330 e. The molecule has 92 valence electrons. The maximum absolute atomic E-state index is 9.23. The Morgan fingerprint density at radius 3 is 2.17 bits per heavy atom. The van der Waals surface area contributed by atoms with Gasteiger partial charge in [-0.25, -0.2) is 4.98 Å². The van der Waals surface area contributed by atoms with Crippen molar-refractivity contribution in [2.75, 3.05) is 0 Å². The molecule has 0 saturated heterocycles. The van der Waals surface area contributed by atoms with E-state index in [1.165, 1.54) is 16.7 Å². The molecule has 0 radical (unpaired) electrons. The SMILES string of the molecule is Cc1cc(C)c(-c2c(C#N)nc(C)n2C)c(C)c1. The number of rotatable bonds is 1. The number of hydrogen-bond acceptors (Lipinski definition) is 2. The molecule has 0 unspecified atom stereocenters. The Hall–Kier alpha value is -2.08. The topological polar surface area (TPSA) is 41.6 Å². The van der Waals surface area contributed by atoms with Gasteiger partial charge in [0.2, 0.25) is 0 Å². The molecule has 0 atom stereocenters. The third kappa shape index (κ3) is 1.80. The van der Waals surface area contributed by atoms with Crippen molar-refractivity contribution in [1.29, 1.82) is 5.26 Å². The van der Waals surface area contributed by atoms with Crippen molar-refractivity contribution in [3.05, 3.63) is 40.3 Å². The van der Waals surface area contributed by atoms with Crippen molar-refractivity contribution in [3.8, 4) is 17.3 Å². The number of benzene rings is 1. The van der Waals surface area contributed by atoms with Crippen molar-refractivity contribution >= 4 is 0 Å². The van der Waals surface area contributed by atoms with Crippen LogP contribution in [-0.2, 0) is 7.05 Å². The highest BCUT2D eigenvalue weighted by Crippen LogP contribution is 2.31. The van der Waals surface area contributed by atoms with E-state index in [1.807, 2.05) is 18.5 Å². The van der Waals surface area contributed by atoms with Crippen molar-refractivity contribution < 1.29 is 0 Å². The Balaban J connectivity index is 2.82. The number of nitrogens with zero attached hydrogens (tertiary/aromatic N) is 3. The zero-order chi connectivity index (χ0) is 13.4. The standard InChI is InChI=1S/C15H17N3/c1-9-6-10(2)14(11(3)7-9)15-13(8-16)17-12(4)18(15)5/h6-7H,1-5H3. The lowest BCUT2D eigenvalue weighted by atomic mass is 9.96. The summed E-state index contributed by atoms with van der Waals surface area (Å²) in [5, 5.41) is 9.23. The van der Waals surface area contributed by atoms with Gasteiger partial charge in [0.25, 0.3) is 0 Å². The summed E-state index contributed by atoms with van der Waals surface area (Å²) < 4.78 is 1.99. The number of aryl methyl sites for hydroxylation is 4. The largest absolute Gasteiger partial charge is 0.330 e. The van der Waals surface area contributed by atoms with Crippen LogP contribution in [0.25, 0.3) is 11.3 Å². The van der Waals surface area contributed by atoms with Gasteiger partial charge in [0.15, 0.2) is 5.69 Å². The molecule has 0 saturated carbocycles. The molecular formula is C15H17N3. The second-order valence-electron chi connectivity index (χ2n) is 4.80. The van der Waals surface area contributed by atoms with Gasteiger partial charge in [-0.2, -0.15) is 5.26 Å². The molecule has 0 aliphatic rings. The first-order valence-electron chi connectivity index (χ1n) is 5.97. The van der Waals surface area contributed by atoms with Crippen LogP contribution in [0.1, 0.15) is 28.2 Å². The Labute approximate surface area is 108 Å². The molecule has 3 heteroatoms. The van der Waals surface area contributed by atoms with Crippen LogP contribution in [0.2, 0.25) is 0 Å². The van der Waals surface area contributed by atoms with E-state index < -0.39 is 0 Å². The maximum Gasteiger partial charge on any atom is 0.166 e. The van der Waals surface area contributed by atoms with Crippen molar-refractivity contribution in [1.82, 2.24) is 9.55 Å². The fourth-order valence-electron chi connectivity index (χ4n) is 2.53. The number of nitriles is 1. The summed E-state index contributed by atoms with van der Waals surface area (Å²) >= 11 is 0. The van der Waals surface area contributed by atoms with Crippen LogP contribution in [0.3, 0.4) is 0 Å². The molecule has 2 aromatic rings. The lowest BCUT2D eigenvalue weighted by Crippen LogP contribution is -1.99. The molecule has 1 aromatic heterocycles. The molecule has 1 heterocycles. The van der Waals surface area contributed by atoms with Crippen LogP contribution >= 0.6 is 0 Å². The summed E-state index contributed by atoms with van der Waals surface area (Å²) in [6.07, 6.45) is 0. The maximum atomic E-state index is 9.23. The van der Waals surface area contributed by atoms with Gasteiger partial charge >= 0.3 is 0 Å². The molecular weight excluding hydrogens is 222 g/mol. The molecule has 1 aromatic carbocycles. The van der Waals surface area contributed by atoms with Crippen LogP contribution in [0.15, 0.2) is 12.1 Å². The van der Waals surface area contributed by atoms with E-state index in [0.717, 1.165) is 17.1 Å². The van der Waals surface area contributed by atoms with E-state index in [9.17, 15) is 5.26 Å². The highest BCUT2D eigenvalue weighted by Gasteiger charge is 2.17. The van der Waals surface area contributed by atoms with Gasteiger partial charge < -0.3 is 4.57 Å². The van der Waals surface area contributed by atoms with Crippen LogP contribution in [0.4, 0.5) is 0 Å². The molecule has 0 aliphatic carbocycles.